The van der Waals surface area contributed by atoms with Crippen molar-refractivity contribution in [2.24, 2.45) is 0 Å². The van der Waals surface area contributed by atoms with Gasteiger partial charge in [0.05, 0.1) is 25.1 Å². The second kappa shape index (κ2) is 7.52. The van der Waals surface area contributed by atoms with Gasteiger partial charge in [-0.3, -0.25) is 4.79 Å². The van der Waals surface area contributed by atoms with Crippen molar-refractivity contribution in [3.63, 3.8) is 0 Å². The van der Waals surface area contributed by atoms with Gasteiger partial charge in [-0.2, -0.15) is 0 Å². The van der Waals surface area contributed by atoms with E-state index in [0.29, 0.717) is 0 Å². The molecule has 5 nitrogen and oxygen atoms in total. The van der Waals surface area contributed by atoms with Crippen LogP contribution in [0.2, 0.25) is 0 Å². The van der Waals surface area contributed by atoms with Gasteiger partial charge in [0.1, 0.15) is 5.58 Å². The summed E-state index contributed by atoms with van der Waals surface area (Å²) in [6.45, 7) is 1.99. The molecule has 1 N–H and O–H groups in total. The van der Waals surface area contributed by atoms with Gasteiger partial charge in [0.25, 0.3) is 0 Å². The Bertz CT molecular complexity index is 1320. The smallest absolute Gasteiger partial charge is 0.225 e. The lowest BCUT2D eigenvalue weighted by atomic mass is 10.0. The third-order valence-corrected chi connectivity index (χ3v) is 5.46. The molecule has 3 aromatic carbocycles. The predicted octanol–water partition coefficient (Wildman–Crippen LogP) is 5.19. The summed E-state index contributed by atoms with van der Waals surface area (Å²) in [6, 6.07) is 20.2. The summed E-state index contributed by atoms with van der Waals surface area (Å²) < 4.78 is 7.65. The first-order valence-corrected chi connectivity index (χ1v) is 9.94. The fourth-order valence-electron chi connectivity index (χ4n) is 3.90. The average Bonchev–Trinajstić information content (AvgIpc) is 3.44. The van der Waals surface area contributed by atoms with Crippen LogP contribution >= 0.6 is 0 Å². The first kappa shape index (κ1) is 18.2. The van der Waals surface area contributed by atoms with E-state index < -0.39 is 0 Å². The Morgan fingerprint density at radius 2 is 1.93 bits per heavy atom. The second-order valence-corrected chi connectivity index (χ2v) is 7.45. The van der Waals surface area contributed by atoms with Crippen molar-refractivity contribution in [2.75, 3.05) is 0 Å². The largest absolute Gasteiger partial charge is 0.464 e. The minimum atomic E-state index is -0.0933. The molecule has 5 aromatic rings. The Kier molecular flexibility index (Phi) is 4.56. The molecule has 0 saturated carbocycles. The molecule has 0 bridgehead atoms. The van der Waals surface area contributed by atoms with Crippen LogP contribution < -0.4 is 5.32 Å². The number of carbonyl (C=O) groups is 1. The van der Waals surface area contributed by atoms with Crippen LogP contribution in [0, 0.1) is 0 Å². The number of nitrogens with one attached hydrogen (secondary N) is 1. The molecule has 1 unspecified atom stereocenters. The van der Waals surface area contributed by atoms with E-state index in [1.807, 2.05) is 66.2 Å². The fourth-order valence-corrected chi connectivity index (χ4v) is 3.90. The van der Waals surface area contributed by atoms with Gasteiger partial charge in [0.15, 0.2) is 0 Å². The molecule has 0 aliphatic rings. The molecule has 5 heteroatoms. The standard InChI is InChI=1S/C25H21N3O2/c1-17(18-6-9-21(10-7-18)28-13-12-26-16-28)27-24(29)14-20-15-30-23-11-8-19-4-2-3-5-22(19)25(20)23/h2-13,15-17H,14H2,1H3,(H,27,29). The van der Waals surface area contributed by atoms with Crippen LogP contribution in [0.4, 0.5) is 0 Å². The molecule has 30 heavy (non-hydrogen) atoms. The number of nitrogens with zero attached hydrogens (tertiary/aromatic N) is 2. The molecule has 0 saturated heterocycles. The van der Waals surface area contributed by atoms with Crippen molar-refractivity contribution in [1.82, 2.24) is 14.9 Å². The van der Waals surface area contributed by atoms with Gasteiger partial charge < -0.3 is 14.3 Å². The maximum atomic E-state index is 12.8. The lowest BCUT2D eigenvalue weighted by Gasteiger charge is -2.15. The summed E-state index contributed by atoms with van der Waals surface area (Å²) in [5, 5.41) is 6.36. The molecule has 0 fully saturated rings. The van der Waals surface area contributed by atoms with Gasteiger partial charge >= 0.3 is 0 Å². The van der Waals surface area contributed by atoms with E-state index >= 15 is 0 Å². The zero-order chi connectivity index (χ0) is 20.5. The van der Waals surface area contributed by atoms with E-state index in [4.69, 9.17) is 4.42 Å². The summed E-state index contributed by atoms with van der Waals surface area (Å²) in [6.07, 6.45) is 7.39. The Hall–Kier alpha value is -3.86. The van der Waals surface area contributed by atoms with Crippen LogP contribution in [0.25, 0.3) is 27.4 Å². The van der Waals surface area contributed by atoms with Crippen LogP contribution in [0.5, 0.6) is 0 Å². The molecule has 2 heterocycles. The van der Waals surface area contributed by atoms with Gasteiger partial charge in [-0.1, -0.05) is 42.5 Å². The first-order chi connectivity index (χ1) is 14.7. The van der Waals surface area contributed by atoms with Crippen LogP contribution in [-0.2, 0) is 11.2 Å². The number of rotatable bonds is 5. The fraction of sp³-hybridized carbons (Fsp3) is 0.120. The molecule has 0 spiro atoms. The van der Waals surface area contributed by atoms with Crippen molar-refractivity contribution < 1.29 is 9.21 Å². The minimum Gasteiger partial charge on any atom is -0.464 e. The van der Waals surface area contributed by atoms with Crippen LogP contribution in [0.3, 0.4) is 0 Å². The number of aromatic nitrogens is 2. The van der Waals surface area contributed by atoms with Gasteiger partial charge in [-0.25, -0.2) is 4.98 Å². The monoisotopic (exact) mass is 395 g/mol. The number of fused-ring (bicyclic) bond motifs is 3. The Balaban J connectivity index is 1.33. The van der Waals surface area contributed by atoms with Crippen LogP contribution in [0.1, 0.15) is 24.1 Å². The third kappa shape index (κ3) is 3.35. The molecular formula is C25H21N3O2. The summed E-state index contributed by atoms with van der Waals surface area (Å²) >= 11 is 0. The van der Waals surface area contributed by atoms with Gasteiger partial charge in [0.2, 0.25) is 5.91 Å². The van der Waals surface area contributed by atoms with Crippen molar-refractivity contribution in [3.05, 3.63) is 96.8 Å². The molecule has 1 atom stereocenters. The van der Waals surface area contributed by atoms with E-state index in [1.54, 1.807) is 18.8 Å². The predicted molar refractivity (Wildman–Crippen MR) is 118 cm³/mol. The number of amides is 1. The first-order valence-electron chi connectivity index (χ1n) is 9.94. The number of imidazole rings is 1. The van der Waals surface area contributed by atoms with Crippen LogP contribution in [0.15, 0.2) is 90.1 Å². The lowest BCUT2D eigenvalue weighted by Crippen LogP contribution is -2.28. The van der Waals surface area contributed by atoms with Crippen molar-refractivity contribution in [2.45, 2.75) is 19.4 Å². The van der Waals surface area contributed by atoms with Crippen LogP contribution in [-0.4, -0.2) is 15.5 Å². The third-order valence-electron chi connectivity index (χ3n) is 5.46. The highest BCUT2D eigenvalue weighted by molar-refractivity contribution is 6.08. The summed E-state index contributed by atoms with van der Waals surface area (Å²) in [7, 11) is 0. The van der Waals surface area contributed by atoms with E-state index in [9.17, 15) is 4.79 Å². The molecule has 148 valence electrons. The number of hydrogen-bond acceptors (Lipinski definition) is 3. The normalized spacial score (nSPS) is 12.3. The van der Waals surface area contributed by atoms with Gasteiger partial charge in [-0.05, 0) is 41.5 Å². The summed E-state index contributed by atoms with van der Waals surface area (Å²) in [5.74, 6) is -0.0307. The van der Waals surface area contributed by atoms with Gasteiger partial charge in [-0.15, -0.1) is 0 Å². The summed E-state index contributed by atoms with van der Waals surface area (Å²) in [4.78, 5) is 16.8. The quantitative estimate of drug-likeness (QED) is 0.445. The van der Waals surface area contributed by atoms with E-state index in [0.717, 1.165) is 38.6 Å². The zero-order valence-electron chi connectivity index (χ0n) is 16.6. The Morgan fingerprint density at radius 3 is 2.73 bits per heavy atom. The molecule has 1 amide bonds. The molecule has 2 aromatic heterocycles. The van der Waals surface area contributed by atoms with Gasteiger partial charge in [0, 0.05) is 29.0 Å². The molecule has 0 aliphatic heterocycles. The highest BCUT2D eigenvalue weighted by Gasteiger charge is 2.15. The highest BCUT2D eigenvalue weighted by Crippen LogP contribution is 2.30. The Labute approximate surface area is 174 Å². The number of carbonyl (C=O) groups excluding carboxylic acids is 1. The van der Waals surface area contributed by atoms with E-state index in [-0.39, 0.29) is 18.4 Å². The number of benzene rings is 3. The lowest BCUT2D eigenvalue weighted by molar-refractivity contribution is -0.121. The Morgan fingerprint density at radius 1 is 1.10 bits per heavy atom. The molecule has 0 aliphatic carbocycles. The maximum absolute atomic E-state index is 12.8. The topological polar surface area (TPSA) is 60.1 Å². The molecular weight excluding hydrogens is 374 g/mol. The van der Waals surface area contributed by atoms with Crippen molar-refractivity contribution >= 4 is 27.6 Å². The van der Waals surface area contributed by atoms with E-state index in [1.165, 1.54) is 0 Å². The van der Waals surface area contributed by atoms with Crippen molar-refractivity contribution in [3.8, 4) is 5.69 Å². The molecule has 0 radical (unpaired) electrons. The number of furan rings is 1. The summed E-state index contributed by atoms with van der Waals surface area (Å²) in [5.41, 5.74) is 3.79. The second-order valence-electron chi connectivity index (χ2n) is 7.45. The highest BCUT2D eigenvalue weighted by atomic mass is 16.3. The zero-order valence-corrected chi connectivity index (χ0v) is 16.6. The average molecular weight is 395 g/mol. The van der Waals surface area contributed by atoms with Crippen molar-refractivity contribution in [1.29, 1.82) is 0 Å². The number of hydrogen-bond donors (Lipinski definition) is 1. The van der Waals surface area contributed by atoms with E-state index in [2.05, 4.69) is 22.4 Å². The maximum Gasteiger partial charge on any atom is 0.225 e. The minimum absolute atomic E-state index is 0.0307. The molecule has 5 rings (SSSR count). The SMILES string of the molecule is CC(NC(=O)Cc1coc2ccc3ccccc3c12)c1ccc(-n2ccnc2)cc1.